The van der Waals surface area contributed by atoms with Crippen LogP contribution in [0.4, 0.5) is 0 Å². The van der Waals surface area contributed by atoms with Gasteiger partial charge in [-0.25, -0.2) is 9.97 Å². The molecule has 17 heavy (non-hydrogen) atoms. The van der Waals surface area contributed by atoms with Crippen LogP contribution in [0.5, 0.6) is 0 Å². The lowest BCUT2D eigenvalue weighted by atomic mass is 9.75. The molecule has 0 amide bonds. The Morgan fingerprint density at radius 2 is 1.65 bits per heavy atom. The van der Waals surface area contributed by atoms with Gasteiger partial charge in [-0.3, -0.25) is 4.79 Å². The Morgan fingerprint density at radius 1 is 1.12 bits per heavy atom. The first-order chi connectivity index (χ1) is 8.06. The van der Waals surface area contributed by atoms with Gasteiger partial charge >= 0.3 is 0 Å². The molecule has 0 aromatic carbocycles. The van der Waals surface area contributed by atoms with E-state index in [1.165, 1.54) is 6.42 Å². The number of aryl methyl sites for hydroxylation is 1. The Labute approximate surface area is 103 Å². The molecule has 1 saturated carbocycles. The smallest absolute Gasteiger partial charge is 0.203 e. The van der Waals surface area contributed by atoms with E-state index in [9.17, 15) is 4.79 Å². The average Bonchev–Trinajstić information content (AvgIpc) is 2.28. The SMILES string of the molecule is Cc1cnc(C(=O)C2CC(C)CC(C)C2)nc1. The minimum absolute atomic E-state index is 0.122. The quantitative estimate of drug-likeness (QED) is 0.736. The molecule has 1 aromatic heterocycles. The molecule has 1 aromatic rings. The van der Waals surface area contributed by atoms with Crippen LogP contribution in [0.3, 0.4) is 0 Å². The molecule has 0 saturated heterocycles. The molecule has 1 aliphatic rings. The van der Waals surface area contributed by atoms with Crippen molar-refractivity contribution in [1.82, 2.24) is 9.97 Å². The normalized spacial score (nSPS) is 29.0. The summed E-state index contributed by atoms with van der Waals surface area (Å²) in [5.74, 6) is 1.91. The summed E-state index contributed by atoms with van der Waals surface area (Å²) in [5.41, 5.74) is 0.993. The van der Waals surface area contributed by atoms with Crippen molar-refractivity contribution in [1.29, 1.82) is 0 Å². The lowest BCUT2D eigenvalue weighted by Gasteiger charge is -2.29. The van der Waals surface area contributed by atoms with Crippen molar-refractivity contribution < 1.29 is 4.79 Å². The average molecular weight is 232 g/mol. The maximum absolute atomic E-state index is 12.3. The van der Waals surface area contributed by atoms with Crippen molar-refractivity contribution in [2.24, 2.45) is 17.8 Å². The molecule has 0 spiro atoms. The molecule has 1 fully saturated rings. The van der Waals surface area contributed by atoms with Gasteiger partial charge in [0, 0.05) is 18.3 Å². The van der Waals surface area contributed by atoms with Crippen molar-refractivity contribution in [3.05, 3.63) is 23.8 Å². The topological polar surface area (TPSA) is 42.9 Å². The molecule has 0 radical (unpaired) electrons. The largest absolute Gasteiger partial charge is 0.290 e. The third-order valence-electron chi connectivity index (χ3n) is 3.55. The summed E-state index contributed by atoms with van der Waals surface area (Å²) in [6, 6.07) is 0. The maximum atomic E-state index is 12.3. The molecule has 0 aliphatic heterocycles. The fraction of sp³-hybridized carbons (Fsp3) is 0.643. The third-order valence-corrected chi connectivity index (χ3v) is 3.55. The van der Waals surface area contributed by atoms with Gasteiger partial charge in [0.25, 0.3) is 0 Å². The number of carbonyl (C=O) groups is 1. The van der Waals surface area contributed by atoms with Gasteiger partial charge in [-0.1, -0.05) is 13.8 Å². The zero-order valence-corrected chi connectivity index (χ0v) is 10.8. The first-order valence-electron chi connectivity index (χ1n) is 6.39. The standard InChI is InChI=1S/C14H20N2O/c1-9-4-10(2)6-12(5-9)13(17)14-15-7-11(3)8-16-14/h7-10,12H,4-6H2,1-3H3. The molecule has 2 rings (SSSR count). The van der Waals surface area contributed by atoms with Gasteiger partial charge in [-0.15, -0.1) is 0 Å². The molecule has 2 unspecified atom stereocenters. The number of nitrogens with zero attached hydrogens (tertiary/aromatic N) is 2. The highest BCUT2D eigenvalue weighted by atomic mass is 16.1. The number of hydrogen-bond acceptors (Lipinski definition) is 3. The van der Waals surface area contributed by atoms with Gasteiger partial charge in [0.15, 0.2) is 5.82 Å². The molecule has 3 heteroatoms. The van der Waals surface area contributed by atoms with E-state index in [2.05, 4.69) is 23.8 Å². The Hall–Kier alpha value is -1.25. The zero-order valence-electron chi connectivity index (χ0n) is 10.8. The van der Waals surface area contributed by atoms with E-state index in [-0.39, 0.29) is 11.7 Å². The lowest BCUT2D eigenvalue weighted by Crippen LogP contribution is -2.27. The van der Waals surface area contributed by atoms with E-state index in [1.54, 1.807) is 12.4 Å². The number of rotatable bonds is 2. The zero-order chi connectivity index (χ0) is 12.4. The molecule has 2 atom stereocenters. The molecular weight excluding hydrogens is 212 g/mol. The number of Topliss-reactive ketones (excluding diaryl/α,β-unsaturated/α-hetero) is 1. The molecule has 1 heterocycles. The van der Waals surface area contributed by atoms with Crippen molar-refractivity contribution in [3.8, 4) is 0 Å². The Morgan fingerprint density at radius 3 is 2.18 bits per heavy atom. The van der Waals surface area contributed by atoms with Gasteiger partial charge in [0.05, 0.1) is 0 Å². The predicted octanol–water partition coefficient (Wildman–Crippen LogP) is 3.04. The minimum atomic E-state index is 0.122. The fourth-order valence-electron chi connectivity index (χ4n) is 2.86. The summed E-state index contributed by atoms with van der Waals surface area (Å²) in [6.45, 7) is 6.39. The van der Waals surface area contributed by atoms with Crippen LogP contribution in [-0.2, 0) is 0 Å². The van der Waals surface area contributed by atoms with Crippen molar-refractivity contribution in [2.45, 2.75) is 40.0 Å². The van der Waals surface area contributed by atoms with Gasteiger partial charge < -0.3 is 0 Å². The van der Waals surface area contributed by atoms with Crippen molar-refractivity contribution in [3.63, 3.8) is 0 Å². The summed E-state index contributed by atoms with van der Waals surface area (Å²) in [5, 5.41) is 0. The summed E-state index contributed by atoms with van der Waals surface area (Å²) in [7, 11) is 0. The van der Waals surface area contributed by atoms with Crippen molar-refractivity contribution >= 4 is 5.78 Å². The first-order valence-corrected chi connectivity index (χ1v) is 6.39. The number of hydrogen-bond donors (Lipinski definition) is 0. The summed E-state index contributed by atoms with van der Waals surface area (Å²) in [6.07, 6.45) is 6.64. The van der Waals surface area contributed by atoms with Crippen LogP contribution in [0.1, 0.15) is 49.3 Å². The Balaban J connectivity index is 2.11. The number of ketones is 1. The highest BCUT2D eigenvalue weighted by Gasteiger charge is 2.30. The van der Waals surface area contributed by atoms with Crippen LogP contribution < -0.4 is 0 Å². The second kappa shape index (κ2) is 4.94. The van der Waals surface area contributed by atoms with Crippen LogP contribution in [0.25, 0.3) is 0 Å². The van der Waals surface area contributed by atoms with E-state index in [0.717, 1.165) is 18.4 Å². The number of carbonyl (C=O) groups excluding carboxylic acids is 1. The van der Waals surface area contributed by atoms with E-state index in [0.29, 0.717) is 17.7 Å². The molecule has 3 nitrogen and oxygen atoms in total. The third kappa shape index (κ3) is 2.90. The van der Waals surface area contributed by atoms with E-state index >= 15 is 0 Å². The molecule has 1 aliphatic carbocycles. The fourth-order valence-corrected chi connectivity index (χ4v) is 2.86. The van der Waals surface area contributed by atoms with Crippen molar-refractivity contribution in [2.75, 3.05) is 0 Å². The van der Waals surface area contributed by atoms with E-state index in [4.69, 9.17) is 0 Å². The monoisotopic (exact) mass is 232 g/mol. The number of aromatic nitrogens is 2. The van der Waals surface area contributed by atoms with Crippen LogP contribution >= 0.6 is 0 Å². The van der Waals surface area contributed by atoms with E-state index in [1.807, 2.05) is 6.92 Å². The van der Waals surface area contributed by atoms with Gasteiger partial charge in [-0.05, 0) is 43.6 Å². The first kappa shape index (κ1) is 12.2. The Bertz CT molecular complexity index is 389. The summed E-state index contributed by atoms with van der Waals surface area (Å²) < 4.78 is 0. The van der Waals surface area contributed by atoms with Gasteiger partial charge in [-0.2, -0.15) is 0 Å². The van der Waals surface area contributed by atoms with Crippen LogP contribution in [0.15, 0.2) is 12.4 Å². The van der Waals surface area contributed by atoms with E-state index < -0.39 is 0 Å². The second-order valence-electron chi connectivity index (χ2n) is 5.56. The maximum Gasteiger partial charge on any atom is 0.203 e. The molecule has 0 bridgehead atoms. The minimum Gasteiger partial charge on any atom is -0.290 e. The van der Waals surface area contributed by atoms with Gasteiger partial charge in [0.2, 0.25) is 5.78 Å². The molecule has 0 N–H and O–H groups in total. The molecule has 92 valence electrons. The highest BCUT2D eigenvalue weighted by Crippen LogP contribution is 2.34. The second-order valence-corrected chi connectivity index (χ2v) is 5.56. The summed E-state index contributed by atoms with van der Waals surface area (Å²) >= 11 is 0. The highest BCUT2D eigenvalue weighted by molar-refractivity contribution is 5.94. The van der Waals surface area contributed by atoms with Crippen LogP contribution in [0, 0.1) is 24.7 Å². The predicted molar refractivity (Wildman–Crippen MR) is 66.8 cm³/mol. The van der Waals surface area contributed by atoms with Crippen LogP contribution in [-0.4, -0.2) is 15.8 Å². The van der Waals surface area contributed by atoms with Gasteiger partial charge in [0.1, 0.15) is 0 Å². The van der Waals surface area contributed by atoms with Crippen LogP contribution in [0.2, 0.25) is 0 Å². The summed E-state index contributed by atoms with van der Waals surface area (Å²) in [4.78, 5) is 20.6. The Kier molecular flexibility index (Phi) is 3.55. The molecular formula is C14H20N2O. The lowest BCUT2D eigenvalue weighted by molar-refractivity contribution is 0.0825.